The van der Waals surface area contributed by atoms with E-state index in [9.17, 15) is 4.79 Å². The number of likely N-dealkylation sites (N-methyl/N-ethyl adjacent to an activating group) is 1. The van der Waals surface area contributed by atoms with Gasteiger partial charge in [-0.2, -0.15) is 0 Å². The first-order valence-corrected chi connectivity index (χ1v) is 6.32. The molecule has 0 bridgehead atoms. The molecule has 3 rings (SSSR count). The maximum absolute atomic E-state index is 12.2. The summed E-state index contributed by atoms with van der Waals surface area (Å²) in [7, 11) is 0. The molecule has 0 radical (unpaired) electrons. The van der Waals surface area contributed by atoms with Gasteiger partial charge in [-0.05, 0) is 32.3 Å². The summed E-state index contributed by atoms with van der Waals surface area (Å²) in [4.78, 5) is 14.2. The lowest BCUT2D eigenvalue weighted by atomic mass is 10.1. The molecule has 1 heterocycles. The van der Waals surface area contributed by atoms with Crippen LogP contribution in [0.3, 0.4) is 0 Å². The second kappa shape index (κ2) is 3.57. The van der Waals surface area contributed by atoms with Crippen LogP contribution in [0.15, 0.2) is 24.3 Å². The minimum absolute atomic E-state index is 0.0654. The van der Waals surface area contributed by atoms with Gasteiger partial charge in [0.25, 0.3) is 0 Å². The van der Waals surface area contributed by atoms with E-state index in [-0.39, 0.29) is 17.6 Å². The maximum Gasteiger partial charge on any atom is 0.244 e. The van der Waals surface area contributed by atoms with E-state index in [1.165, 1.54) is 11.1 Å². The lowest BCUT2D eigenvalue weighted by Gasteiger charge is -2.22. The zero-order chi connectivity index (χ0) is 12.0. The number of nitrogens with zero attached hydrogens (tertiary/aromatic N) is 1. The summed E-state index contributed by atoms with van der Waals surface area (Å²) in [6.07, 6.45) is 2.05. The third kappa shape index (κ3) is 1.57. The number of benzene rings is 1. The van der Waals surface area contributed by atoms with Crippen molar-refractivity contribution in [1.82, 2.24) is 10.2 Å². The fraction of sp³-hybridized carbons (Fsp3) is 0.500. The standard InChI is InChI=1S/C14H18N2O/c1-3-16-12(11-6-4-10(2)5-7-11)15-14(8-9-14)13(16)17/h4-7,12,15H,3,8-9H2,1-2H3. The van der Waals surface area contributed by atoms with Crippen LogP contribution in [0.4, 0.5) is 0 Å². The van der Waals surface area contributed by atoms with Crippen molar-refractivity contribution in [3.05, 3.63) is 35.4 Å². The van der Waals surface area contributed by atoms with Crippen LogP contribution in [0.5, 0.6) is 0 Å². The van der Waals surface area contributed by atoms with Gasteiger partial charge in [0.05, 0.1) is 0 Å². The number of hydrogen-bond donors (Lipinski definition) is 1. The van der Waals surface area contributed by atoms with Crippen molar-refractivity contribution in [3.63, 3.8) is 0 Å². The van der Waals surface area contributed by atoms with Crippen molar-refractivity contribution in [2.24, 2.45) is 0 Å². The molecule has 90 valence electrons. The van der Waals surface area contributed by atoms with Crippen LogP contribution in [0.25, 0.3) is 0 Å². The molecule has 1 atom stereocenters. The van der Waals surface area contributed by atoms with E-state index in [4.69, 9.17) is 0 Å². The van der Waals surface area contributed by atoms with E-state index in [1.807, 2.05) is 11.8 Å². The number of rotatable bonds is 2. The Balaban J connectivity index is 1.92. The van der Waals surface area contributed by atoms with Crippen molar-refractivity contribution >= 4 is 5.91 Å². The highest BCUT2D eigenvalue weighted by Gasteiger charge is 2.58. The third-order valence-corrected chi connectivity index (χ3v) is 3.88. The van der Waals surface area contributed by atoms with Gasteiger partial charge in [0, 0.05) is 6.54 Å². The predicted octanol–water partition coefficient (Wildman–Crippen LogP) is 1.98. The fourth-order valence-electron chi connectivity index (χ4n) is 2.61. The lowest BCUT2D eigenvalue weighted by Crippen LogP contribution is -2.32. The number of carbonyl (C=O) groups is 1. The van der Waals surface area contributed by atoms with Gasteiger partial charge in [0.15, 0.2) is 0 Å². The van der Waals surface area contributed by atoms with Gasteiger partial charge in [-0.15, -0.1) is 0 Å². The van der Waals surface area contributed by atoms with Gasteiger partial charge in [-0.1, -0.05) is 29.8 Å². The van der Waals surface area contributed by atoms with Crippen LogP contribution in [-0.4, -0.2) is 22.9 Å². The Labute approximate surface area is 102 Å². The van der Waals surface area contributed by atoms with E-state index in [0.717, 1.165) is 19.4 Å². The molecule has 1 saturated heterocycles. The van der Waals surface area contributed by atoms with Crippen molar-refractivity contribution in [1.29, 1.82) is 0 Å². The summed E-state index contributed by atoms with van der Waals surface area (Å²) in [5.41, 5.74) is 2.22. The van der Waals surface area contributed by atoms with Crippen LogP contribution in [0.1, 0.15) is 37.1 Å². The largest absolute Gasteiger partial charge is 0.322 e. The molecule has 1 saturated carbocycles. The molecule has 1 aliphatic heterocycles. The van der Waals surface area contributed by atoms with Crippen molar-refractivity contribution in [3.8, 4) is 0 Å². The molecule has 3 nitrogen and oxygen atoms in total. The Hall–Kier alpha value is -1.35. The molecule has 0 aromatic heterocycles. The van der Waals surface area contributed by atoms with Crippen LogP contribution in [0, 0.1) is 6.92 Å². The Morgan fingerprint density at radius 1 is 1.35 bits per heavy atom. The topological polar surface area (TPSA) is 32.3 Å². The molecule has 1 unspecified atom stereocenters. The van der Waals surface area contributed by atoms with Crippen LogP contribution in [-0.2, 0) is 4.79 Å². The first-order valence-electron chi connectivity index (χ1n) is 6.32. The molecule has 1 aromatic carbocycles. The van der Waals surface area contributed by atoms with E-state index < -0.39 is 0 Å². The van der Waals surface area contributed by atoms with Crippen LogP contribution < -0.4 is 5.32 Å². The summed E-state index contributed by atoms with van der Waals surface area (Å²) in [6, 6.07) is 8.44. The summed E-state index contributed by atoms with van der Waals surface area (Å²) in [5.74, 6) is 0.283. The van der Waals surface area contributed by atoms with Gasteiger partial charge in [0.2, 0.25) is 5.91 Å². The molecular formula is C14H18N2O. The Kier molecular flexibility index (Phi) is 2.26. The van der Waals surface area contributed by atoms with Crippen molar-refractivity contribution in [2.45, 2.75) is 38.4 Å². The molecule has 2 fully saturated rings. The molecule has 1 N–H and O–H groups in total. The molecule has 1 amide bonds. The molecule has 1 aromatic rings. The summed E-state index contributed by atoms with van der Waals surface area (Å²) in [5, 5.41) is 3.50. The van der Waals surface area contributed by atoms with Crippen LogP contribution >= 0.6 is 0 Å². The third-order valence-electron chi connectivity index (χ3n) is 3.88. The maximum atomic E-state index is 12.2. The molecule has 1 aliphatic carbocycles. The smallest absolute Gasteiger partial charge is 0.244 e. The molecule has 2 aliphatic rings. The summed E-state index contributed by atoms with van der Waals surface area (Å²) >= 11 is 0. The minimum atomic E-state index is -0.217. The number of carbonyl (C=O) groups excluding carboxylic acids is 1. The normalized spacial score (nSPS) is 25.6. The van der Waals surface area contributed by atoms with Crippen molar-refractivity contribution in [2.75, 3.05) is 6.54 Å². The quantitative estimate of drug-likeness (QED) is 0.842. The Bertz CT molecular complexity index is 448. The number of aryl methyl sites for hydroxylation is 1. The minimum Gasteiger partial charge on any atom is -0.322 e. The second-order valence-corrected chi connectivity index (χ2v) is 5.13. The van der Waals surface area contributed by atoms with E-state index in [1.54, 1.807) is 0 Å². The average molecular weight is 230 g/mol. The molecular weight excluding hydrogens is 212 g/mol. The van der Waals surface area contributed by atoms with Gasteiger partial charge in [-0.25, -0.2) is 0 Å². The van der Waals surface area contributed by atoms with Crippen LogP contribution in [0.2, 0.25) is 0 Å². The first-order chi connectivity index (χ1) is 8.16. The fourth-order valence-corrected chi connectivity index (χ4v) is 2.61. The summed E-state index contributed by atoms with van der Waals surface area (Å²) < 4.78 is 0. The number of hydrogen-bond acceptors (Lipinski definition) is 2. The van der Waals surface area contributed by atoms with Gasteiger partial charge in [0.1, 0.15) is 11.7 Å². The van der Waals surface area contributed by atoms with E-state index in [2.05, 4.69) is 36.5 Å². The van der Waals surface area contributed by atoms with Gasteiger partial charge >= 0.3 is 0 Å². The molecule has 3 heteroatoms. The lowest BCUT2D eigenvalue weighted by molar-refractivity contribution is -0.130. The monoisotopic (exact) mass is 230 g/mol. The molecule has 1 spiro atoms. The first kappa shape index (κ1) is 10.8. The van der Waals surface area contributed by atoms with E-state index in [0.29, 0.717) is 0 Å². The zero-order valence-electron chi connectivity index (χ0n) is 10.4. The average Bonchev–Trinajstić information content (AvgIpc) is 3.04. The highest BCUT2D eigenvalue weighted by Crippen LogP contribution is 2.45. The highest BCUT2D eigenvalue weighted by atomic mass is 16.2. The van der Waals surface area contributed by atoms with Gasteiger partial charge < -0.3 is 4.90 Å². The Morgan fingerprint density at radius 2 is 2.00 bits per heavy atom. The number of amides is 1. The zero-order valence-corrected chi connectivity index (χ0v) is 10.4. The van der Waals surface area contributed by atoms with Gasteiger partial charge in [-0.3, -0.25) is 10.1 Å². The second-order valence-electron chi connectivity index (χ2n) is 5.13. The predicted molar refractivity (Wildman–Crippen MR) is 66.4 cm³/mol. The Morgan fingerprint density at radius 3 is 2.53 bits per heavy atom. The summed E-state index contributed by atoms with van der Waals surface area (Å²) in [6.45, 7) is 4.89. The van der Waals surface area contributed by atoms with E-state index >= 15 is 0 Å². The number of nitrogens with one attached hydrogen (secondary N) is 1. The SMILES string of the molecule is CCN1C(=O)C2(CC2)NC1c1ccc(C)cc1. The van der Waals surface area contributed by atoms with Crippen molar-refractivity contribution < 1.29 is 4.79 Å². The molecule has 17 heavy (non-hydrogen) atoms. The highest BCUT2D eigenvalue weighted by molar-refractivity contribution is 5.92.